The van der Waals surface area contributed by atoms with E-state index in [1.54, 1.807) is 0 Å². The van der Waals surface area contributed by atoms with Crippen LogP contribution in [-0.4, -0.2) is 22.6 Å². The van der Waals surface area contributed by atoms with Crippen molar-refractivity contribution in [2.24, 2.45) is 5.73 Å². The minimum Gasteiger partial charge on any atom is -0.330 e. The van der Waals surface area contributed by atoms with Crippen LogP contribution in [0.3, 0.4) is 0 Å². The number of benzene rings is 1. The number of rotatable bonds is 4. The van der Waals surface area contributed by atoms with Crippen molar-refractivity contribution >= 4 is 24.0 Å². The van der Waals surface area contributed by atoms with E-state index in [9.17, 15) is 18.0 Å². The second-order valence-corrected chi connectivity index (χ2v) is 4.09. The first-order valence-electron chi connectivity index (χ1n) is 5.91. The Balaban J connectivity index is 0.00000242. The fraction of sp³-hybridized carbons (Fsp3) is 0.250. The molecule has 0 spiro atoms. The standard InChI is InChI=1S/C12H11F3N4O2.ClH/c13-12(14,15)11-18-10(19-21-11)7-1-3-8(4-2-7)17-9(20)5-6-16;/h1-4H,5-6,16H2,(H,17,20);1H. The normalized spacial score (nSPS) is 10.9. The maximum atomic E-state index is 12.3. The molecule has 0 saturated carbocycles. The fourth-order valence-electron chi connectivity index (χ4n) is 1.51. The highest BCUT2D eigenvalue weighted by atomic mass is 35.5. The van der Waals surface area contributed by atoms with Gasteiger partial charge in [0.2, 0.25) is 11.7 Å². The van der Waals surface area contributed by atoms with Crippen LogP contribution in [0.1, 0.15) is 12.3 Å². The predicted octanol–water partition coefficient (Wildman–Crippen LogP) is 2.46. The van der Waals surface area contributed by atoms with Gasteiger partial charge in [-0.1, -0.05) is 5.16 Å². The first-order valence-corrected chi connectivity index (χ1v) is 5.91. The van der Waals surface area contributed by atoms with E-state index in [-0.39, 0.29) is 37.1 Å². The van der Waals surface area contributed by atoms with Gasteiger partial charge in [-0.3, -0.25) is 4.79 Å². The number of nitrogens with two attached hydrogens (primary N) is 1. The summed E-state index contributed by atoms with van der Waals surface area (Å²) in [4.78, 5) is 14.6. The molecule has 0 aliphatic rings. The van der Waals surface area contributed by atoms with Crippen LogP contribution >= 0.6 is 12.4 Å². The largest absolute Gasteiger partial charge is 0.471 e. The molecule has 1 aromatic heterocycles. The summed E-state index contributed by atoms with van der Waals surface area (Å²) >= 11 is 0. The number of carbonyl (C=O) groups is 1. The van der Waals surface area contributed by atoms with Crippen LogP contribution in [0.2, 0.25) is 0 Å². The molecule has 1 aromatic carbocycles. The highest BCUT2D eigenvalue weighted by Gasteiger charge is 2.38. The molecule has 10 heteroatoms. The topological polar surface area (TPSA) is 94.0 Å². The van der Waals surface area contributed by atoms with E-state index < -0.39 is 12.1 Å². The van der Waals surface area contributed by atoms with E-state index in [1.807, 2.05) is 0 Å². The Labute approximate surface area is 129 Å². The highest BCUT2D eigenvalue weighted by molar-refractivity contribution is 5.91. The molecule has 0 bridgehead atoms. The van der Waals surface area contributed by atoms with Crippen molar-refractivity contribution in [2.75, 3.05) is 11.9 Å². The molecule has 0 saturated heterocycles. The van der Waals surface area contributed by atoms with Gasteiger partial charge in [-0.25, -0.2) is 0 Å². The van der Waals surface area contributed by atoms with Gasteiger partial charge in [0, 0.05) is 24.2 Å². The molecule has 0 aliphatic carbocycles. The maximum absolute atomic E-state index is 12.3. The highest BCUT2D eigenvalue weighted by Crippen LogP contribution is 2.29. The van der Waals surface area contributed by atoms with Crippen LogP contribution in [0.5, 0.6) is 0 Å². The van der Waals surface area contributed by atoms with E-state index in [0.29, 0.717) is 11.3 Å². The second kappa shape index (κ2) is 7.23. The number of nitrogens with zero attached hydrogens (tertiary/aromatic N) is 2. The third kappa shape index (κ3) is 4.43. The summed E-state index contributed by atoms with van der Waals surface area (Å²) in [6.07, 6.45) is -4.50. The number of hydrogen-bond acceptors (Lipinski definition) is 5. The molecule has 0 radical (unpaired) electrons. The van der Waals surface area contributed by atoms with Gasteiger partial charge in [0.05, 0.1) is 0 Å². The van der Waals surface area contributed by atoms with Crippen LogP contribution in [-0.2, 0) is 11.0 Å². The van der Waals surface area contributed by atoms with Gasteiger partial charge in [-0.15, -0.1) is 12.4 Å². The van der Waals surface area contributed by atoms with Crippen LogP contribution in [0.4, 0.5) is 18.9 Å². The Bertz CT molecular complexity index is 628. The Morgan fingerprint density at radius 3 is 2.41 bits per heavy atom. The number of nitrogens with one attached hydrogen (secondary N) is 1. The minimum atomic E-state index is -4.68. The summed E-state index contributed by atoms with van der Waals surface area (Å²) in [6.45, 7) is 0.229. The summed E-state index contributed by atoms with van der Waals surface area (Å²) in [5.74, 6) is -1.83. The van der Waals surface area contributed by atoms with Crippen molar-refractivity contribution in [1.82, 2.24) is 10.1 Å². The summed E-state index contributed by atoms with van der Waals surface area (Å²) in [7, 11) is 0. The maximum Gasteiger partial charge on any atom is 0.471 e. The monoisotopic (exact) mass is 336 g/mol. The van der Waals surface area contributed by atoms with E-state index in [1.165, 1.54) is 24.3 Å². The van der Waals surface area contributed by atoms with E-state index in [0.717, 1.165) is 0 Å². The molecule has 3 N–H and O–H groups in total. The summed E-state index contributed by atoms with van der Waals surface area (Å²) < 4.78 is 41.2. The average Bonchev–Trinajstić information content (AvgIpc) is 2.89. The summed E-state index contributed by atoms with van der Waals surface area (Å²) in [6, 6.07) is 5.99. The van der Waals surface area contributed by atoms with Gasteiger partial charge < -0.3 is 15.6 Å². The van der Waals surface area contributed by atoms with Gasteiger partial charge in [0.25, 0.3) is 0 Å². The molecule has 6 nitrogen and oxygen atoms in total. The molecule has 0 atom stereocenters. The molecular weight excluding hydrogens is 325 g/mol. The van der Waals surface area contributed by atoms with Crippen molar-refractivity contribution < 1.29 is 22.5 Å². The van der Waals surface area contributed by atoms with Crippen molar-refractivity contribution in [1.29, 1.82) is 0 Å². The van der Waals surface area contributed by atoms with Crippen LogP contribution in [0, 0.1) is 0 Å². The van der Waals surface area contributed by atoms with Gasteiger partial charge in [-0.05, 0) is 24.3 Å². The van der Waals surface area contributed by atoms with Gasteiger partial charge in [0.1, 0.15) is 0 Å². The second-order valence-electron chi connectivity index (χ2n) is 4.09. The molecule has 1 heterocycles. The summed E-state index contributed by atoms with van der Waals surface area (Å²) in [5, 5.41) is 5.85. The van der Waals surface area contributed by atoms with Gasteiger partial charge in [0.15, 0.2) is 0 Å². The quantitative estimate of drug-likeness (QED) is 0.894. The molecule has 0 unspecified atom stereocenters. The lowest BCUT2D eigenvalue weighted by atomic mass is 10.2. The fourth-order valence-corrected chi connectivity index (χ4v) is 1.51. The molecule has 1 amide bonds. The molecule has 2 rings (SSSR count). The van der Waals surface area contributed by atoms with E-state index in [4.69, 9.17) is 5.73 Å². The molecular formula is C12H12ClF3N4O2. The number of hydrogen-bond donors (Lipinski definition) is 2. The average molecular weight is 337 g/mol. The van der Waals surface area contributed by atoms with Gasteiger partial charge >= 0.3 is 12.1 Å². The number of anilines is 1. The van der Waals surface area contributed by atoms with E-state index >= 15 is 0 Å². The first-order chi connectivity index (χ1) is 9.90. The predicted molar refractivity (Wildman–Crippen MR) is 74.3 cm³/mol. The Morgan fingerprint density at radius 1 is 1.27 bits per heavy atom. The van der Waals surface area contributed by atoms with E-state index in [2.05, 4.69) is 20.0 Å². The number of halogens is 4. The lowest BCUT2D eigenvalue weighted by molar-refractivity contribution is -0.159. The Kier molecular flexibility index (Phi) is 5.89. The first kappa shape index (κ1) is 17.9. The van der Waals surface area contributed by atoms with Crippen LogP contribution in [0.25, 0.3) is 11.4 Å². The lowest BCUT2D eigenvalue weighted by Gasteiger charge is -2.04. The molecule has 22 heavy (non-hydrogen) atoms. The zero-order chi connectivity index (χ0) is 15.5. The molecule has 0 fully saturated rings. The zero-order valence-corrected chi connectivity index (χ0v) is 11.9. The minimum absolute atomic E-state index is 0. The summed E-state index contributed by atoms with van der Waals surface area (Å²) in [5.41, 5.74) is 6.08. The molecule has 2 aromatic rings. The van der Waals surface area contributed by atoms with Crippen molar-refractivity contribution in [2.45, 2.75) is 12.6 Å². The number of alkyl halides is 3. The molecule has 0 aliphatic heterocycles. The van der Waals surface area contributed by atoms with Gasteiger partial charge in [-0.2, -0.15) is 18.2 Å². The number of carbonyl (C=O) groups excluding carboxylic acids is 1. The lowest BCUT2D eigenvalue weighted by Crippen LogP contribution is -2.16. The van der Waals surface area contributed by atoms with Crippen LogP contribution < -0.4 is 11.1 Å². The third-order valence-corrected chi connectivity index (χ3v) is 2.47. The van der Waals surface area contributed by atoms with Crippen molar-refractivity contribution in [3.63, 3.8) is 0 Å². The number of amides is 1. The molecule has 120 valence electrons. The van der Waals surface area contributed by atoms with Crippen molar-refractivity contribution in [3.8, 4) is 11.4 Å². The zero-order valence-electron chi connectivity index (χ0n) is 11.1. The smallest absolute Gasteiger partial charge is 0.330 e. The third-order valence-electron chi connectivity index (χ3n) is 2.47. The van der Waals surface area contributed by atoms with Crippen molar-refractivity contribution in [3.05, 3.63) is 30.2 Å². The Hall–Kier alpha value is -2.13. The Morgan fingerprint density at radius 2 is 1.91 bits per heavy atom. The number of aromatic nitrogens is 2. The van der Waals surface area contributed by atoms with Crippen LogP contribution in [0.15, 0.2) is 28.8 Å². The SMILES string of the molecule is Cl.NCCC(=O)Nc1ccc(-c2noc(C(F)(F)F)n2)cc1.